The van der Waals surface area contributed by atoms with E-state index in [1.807, 2.05) is 24.3 Å². The summed E-state index contributed by atoms with van der Waals surface area (Å²) in [4.78, 5) is 0. The summed E-state index contributed by atoms with van der Waals surface area (Å²) < 4.78 is 76.0. The summed E-state index contributed by atoms with van der Waals surface area (Å²) in [6.07, 6.45) is 1.10. The van der Waals surface area contributed by atoms with Crippen LogP contribution in [0.4, 0.5) is 22.0 Å². The minimum atomic E-state index is -4.83. The van der Waals surface area contributed by atoms with Crippen molar-refractivity contribution in [1.29, 1.82) is 0 Å². The van der Waals surface area contributed by atoms with Crippen LogP contribution in [0, 0.1) is 24.5 Å². The maximum atomic E-state index is 15.0. The van der Waals surface area contributed by atoms with Crippen LogP contribution in [0.2, 0.25) is 0 Å². The largest absolute Gasteiger partial charge is 0.573 e. The van der Waals surface area contributed by atoms with Gasteiger partial charge in [0.05, 0.1) is 0 Å². The van der Waals surface area contributed by atoms with E-state index in [2.05, 4.69) is 11.7 Å². The highest BCUT2D eigenvalue weighted by Crippen LogP contribution is 2.41. The molecule has 0 aromatic heterocycles. The van der Waals surface area contributed by atoms with Gasteiger partial charge in [-0.25, -0.2) is 4.39 Å². The van der Waals surface area contributed by atoms with Gasteiger partial charge >= 0.3 is 6.36 Å². The van der Waals surface area contributed by atoms with Crippen molar-refractivity contribution in [1.82, 2.24) is 0 Å². The second kappa shape index (κ2) is 10.3. The molecular formula is C28H27F5O2. The zero-order valence-corrected chi connectivity index (χ0v) is 19.6. The van der Waals surface area contributed by atoms with Gasteiger partial charge in [-0.3, -0.25) is 0 Å². The molecule has 1 aliphatic carbocycles. The first-order valence-electron chi connectivity index (χ1n) is 11.8. The monoisotopic (exact) mass is 490 g/mol. The second-order valence-electron chi connectivity index (χ2n) is 9.07. The van der Waals surface area contributed by atoms with Gasteiger partial charge in [0.15, 0.2) is 11.6 Å². The average molecular weight is 491 g/mol. The number of hydrogen-bond donors (Lipinski definition) is 0. The summed E-state index contributed by atoms with van der Waals surface area (Å²) in [7, 11) is 0. The van der Waals surface area contributed by atoms with E-state index in [1.54, 1.807) is 0 Å². The van der Waals surface area contributed by atoms with E-state index in [-0.39, 0.29) is 17.1 Å². The predicted molar refractivity (Wildman–Crippen MR) is 125 cm³/mol. The summed E-state index contributed by atoms with van der Waals surface area (Å²) in [6.45, 7) is 3.70. The molecule has 0 spiro atoms. The van der Waals surface area contributed by atoms with Crippen molar-refractivity contribution in [2.75, 3.05) is 0 Å². The van der Waals surface area contributed by atoms with Crippen molar-refractivity contribution in [2.45, 2.75) is 58.2 Å². The first-order valence-corrected chi connectivity index (χ1v) is 11.8. The molecule has 3 aromatic carbocycles. The zero-order chi connectivity index (χ0) is 25.2. The van der Waals surface area contributed by atoms with Crippen LogP contribution in [0.5, 0.6) is 17.2 Å². The third-order valence-electron chi connectivity index (χ3n) is 6.74. The Morgan fingerprint density at radius 1 is 0.829 bits per heavy atom. The van der Waals surface area contributed by atoms with Gasteiger partial charge in [-0.05, 0) is 91.5 Å². The highest BCUT2D eigenvalue weighted by atomic mass is 19.4. The molecule has 186 valence electrons. The number of rotatable bonds is 6. The quantitative estimate of drug-likeness (QED) is 0.321. The minimum Gasteiger partial charge on any atom is -0.454 e. The van der Waals surface area contributed by atoms with Crippen molar-refractivity contribution < 1.29 is 31.4 Å². The number of aryl methyl sites for hydroxylation is 1. The molecule has 0 aliphatic heterocycles. The predicted octanol–water partition coefficient (Wildman–Crippen LogP) is 9.31. The van der Waals surface area contributed by atoms with Crippen molar-refractivity contribution in [3.63, 3.8) is 0 Å². The van der Waals surface area contributed by atoms with Crippen molar-refractivity contribution in [3.05, 3.63) is 77.4 Å². The lowest BCUT2D eigenvalue weighted by atomic mass is 9.77. The van der Waals surface area contributed by atoms with Crippen LogP contribution in [0.3, 0.4) is 0 Å². The molecule has 0 bridgehead atoms. The highest BCUT2D eigenvalue weighted by Gasteiger charge is 2.31. The molecule has 0 amide bonds. The molecule has 35 heavy (non-hydrogen) atoms. The average Bonchev–Trinajstić information content (AvgIpc) is 2.84. The summed E-state index contributed by atoms with van der Waals surface area (Å²) in [5, 5.41) is 0. The van der Waals surface area contributed by atoms with Crippen LogP contribution in [0.1, 0.15) is 56.1 Å². The molecular weight excluding hydrogens is 463 g/mol. The highest BCUT2D eigenvalue weighted by molar-refractivity contribution is 5.72. The molecule has 1 aliphatic rings. The number of halogens is 5. The lowest BCUT2D eigenvalue weighted by Gasteiger charge is -2.28. The van der Waals surface area contributed by atoms with Crippen LogP contribution >= 0.6 is 0 Å². The van der Waals surface area contributed by atoms with Crippen molar-refractivity contribution in [3.8, 4) is 28.4 Å². The summed E-state index contributed by atoms with van der Waals surface area (Å²) in [5.41, 5.74) is 2.37. The fourth-order valence-electron chi connectivity index (χ4n) is 4.72. The van der Waals surface area contributed by atoms with Crippen molar-refractivity contribution in [2.24, 2.45) is 5.92 Å². The maximum Gasteiger partial charge on any atom is 0.573 e. The Kier molecular flexibility index (Phi) is 7.33. The van der Waals surface area contributed by atoms with E-state index in [4.69, 9.17) is 4.74 Å². The van der Waals surface area contributed by atoms with E-state index < -0.39 is 23.7 Å². The number of alkyl halides is 3. The Balaban J connectivity index is 1.60. The van der Waals surface area contributed by atoms with Crippen LogP contribution in [-0.4, -0.2) is 6.36 Å². The van der Waals surface area contributed by atoms with Gasteiger partial charge < -0.3 is 9.47 Å². The summed E-state index contributed by atoms with van der Waals surface area (Å²) in [5.74, 6) is -1.62. The molecule has 0 atom stereocenters. The molecule has 0 radical (unpaired) electrons. The van der Waals surface area contributed by atoms with Crippen LogP contribution in [-0.2, 0) is 0 Å². The Hall–Kier alpha value is -3.09. The Bertz CT molecular complexity index is 1150. The van der Waals surface area contributed by atoms with E-state index >= 15 is 0 Å². The molecule has 0 heterocycles. The molecule has 1 saturated carbocycles. The van der Waals surface area contributed by atoms with Gasteiger partial charge in [0.2, 0.25) is 5.82 Å². The second-order valence-corrected chi connectivity index (χ2v) is 9.07. The molecule has 0 saturated heterocycles. The van der Waals surface area contributed by atoms with Gasteiger partial charge in [0, 0.05) is 5.56 Å². The normalized spacial score (nSPS) is 18.4. The molecule has 0 unspecified atom stereocenters. The maximum absolute atomic E-state index is 15.0. The third-order valence-corrected chi connectivity index (χ3v) is 6.74. The first kappa shape index (κ1) is 25.0. The van der Waals surface area contributed by atoms with Gasteiger partial charge in [0.25, 0.3) is 0 Å². The SMILES string of the molecule is CC[C@H]1CC[C@H](c2ccc(-c3cc(C)c(F)c(F)c3Oc3ccc(OC(F)(F)F)cc3)cc2)CC1. The van der Waals surface area contributed by atoms with E-state index in [0.29, 0.717) is 17.0 Å². The number of hydrogen-bond acceptors (Lipinski definition) is 2. The molecule has 0 N–H and O–H groups in total. The zero-order valence-electron chi connectivity index (χ0n) is 19.6. The van der Waals surface area contributed by atoms with E-state index in [0.717, 1.165) is 30.9 Å². The van der Waals surface area contributed by atoms with Crippen LogP contribution < -0.4 is 9.47 Å². The Labute approximate surface area is 201 Å². The summed E-state index contributed by atoms with van der Waals surface area (Å²) >= 11 is 0. The Morgan fingerprint density at radius 2 is 1.43 bits per heavy atom. The molecule has 4 rings (SSSR count). The lowest BCUT2D eigenvalue weighted by molar-refractivity contribution is -0.274. The smallest absolute Gasteiger partial charge is 0.454 e. The topological polar surface area (TPSA) is 18.5 Å². The summed E-state index contributed by atoms with van der Waals surface area (Å²) in [6, 6.07) is 13.8. The lowest BCUT2D eigenvalue weighted by Crippen LogP contribution is -2.16. The minimum absolute atomic E-state index is 0.0484. The van der Waals surface area contributed by atoms with Gasteiger partial charge in [0.1, 0.15) is 11.5 Å². The van der Waals surface area contributed by atoms with Gasteiger partial charge in [-0.1, -0.05) is 37.6 Å². The molecule has 3 aromatic rings. The Morgan fingerprint density at radius 3 is 2.00 bits per heavy atom. The van der Waals surface area contributed by atoms with Crippen LogP contribution in [0.15, 0.2) is 54.6 Å². The number of ether oxygens (including phenoxy) is 2. The van der Waals surface area contributed by atoms with Crippen molar-refractivity contribution >= 4 is 0 Å². The third kappa shape index (κ3) is 5.95. The van der Waals surface area contributed by atoms with E-state index in [9.17, 15) is 22.0 Å². The first-order chi connectivity index (χ1) is 16.6. The molecule has 7 heteroatoms. The van der Waals surface area contributed by atoms with E-state index in [1.165, 1.54) is 49.9 Å². The van der Waals surface area contributed by atoms with Gasteiger partial charge in [-0.15, -0.1) is 13.2 Å². The van der Waals surface area contributed by atoms with Gasteiger partial charge in [-0.2, -0.15) is 4.39 Å². The standard InChI is InChI=1S/C28H27F5O2/c1-3-18-4-6-19(7-5-18)20-8-10-21(11-9-20)24-16-17(2)25(29)26(30)27(24)34-22-12-14-23(15-13-22)35-28(31,32)33/h8-16,18-19H,3-7H2,1-2H3/t18-,19-. The molecule has 1 fully saturated rings. The number of benzene rings is 3. The fourth-order valence-corrected chi connectivity index (χ4v) is 4.72. The van der Waals surface area contributed by atoms with Crippen LogP contribution in [0.25, 0.3) is 11.1 Å². The fraction of sp³-hybridized carbons (Fsp3) is 0.357. The molecule has 2 nitrogen and oxygen atoms in total.